The van der Waals surface area contributed by atoms with E-state index in [1.54, 1.807) is 0 Å². The van der Waals surface area contributed by atoms with Gasteiger partial charge in [0.25, 0.3) is 0 Å². The van der Waals surface area contributed by atoms with Crippen molar-refractivity contribution in [3.05, 3.63) is 46.3 Å². The van der Waals surface area contributed by atoms with Crippen molar-refractivity contribution < 1.29 is 4.79 Å². The lowest BCUT2D eigenvalue weighted by Crippen LogP contribution is -2.15. The highest BCUT2D eigenvalue weighted by atomic mass is 32.2. The summed E-state index contributed by atoms with van der Waals surface area (Å²) in [4.78, 5) is 21.4. The predicted molar refractivity (Wildman–Crippen MR) is 98.7 cm³/mol. The highest BCUT2D eigenvalue weighted by molar-refractivity contribution is 7.99. The first-order chi connectivity index (χ1) is 11.5. The zero-order chi connectivity index (χ0) is 17.1. The summed E-state index contributed by atoms with van der Waals surface area (Å²) in [5.74, 6) is 0.299. The molecule has 1 aliphatic carbocycles. The average Bonchev–Trinajstić information content (AvgIpc) is 2.56. The second kappa shape index (κ2) is 7.34. The molecule has 4 nitrogen and oxygen atoms in total. The van der Waals surface area contributed by atoms with Gasteiger partial charge in [0.05, 0.1) is 5.75 Å². The number of nitrogens with zero attached hydrogens (tertiary/aromatic N) is 2. The molecular formula is C19H23N3OS. The van der Waals surface area contributed by atoms with Crippen molar-refractivity contribution in [2.24, 2.45) is 0 Å². The van der Waals surface area contributed by atoms with Crippen molar-refractivity contribution in [3.63, 3.8) is 0 Å². The van der Waals surface area contributed by atoms with Crippen LogP contribution in [0.15, 0.2) is 23.4 Å². The molecule has 1 aliphatic rings. The molecule has 1 amide bonds. The lowest BCUT2D eigenvalue weighted by atomic mass is 9.95. The van der Waals surface area contributed by atoms with E-state index in [1.807, 2.05) is 32.0 Å². The topological polar surface area (TPSA) is 54.9 Å². The van der Waals surface area contributed by atoms with Gasteiger partial charge in [0.1, 0.15) is 0 Å². The van der Waals surface area contributed by atoms with Crippen LogP contribution >= 0.6 is 11.8 Å². The molecule has 0 spiro atoms. The Bertz CT molecular complexity index is 773. The summed E-state index contributed by atoms with van der Waals surface area (Å²) in [7, 11) is 0. The Kier molecular flexibility index (Phi) is 5.19. The molecule has 126 valence electrons. The van der Waals surface area contributed by atoms with Crippen LogP contribution in [0.4, 0.5) is 5.69 Å². The van der Waals surface area contributed by atoms with E-state index in [2.05, 4.69) is 22.2 Å². The van der Waals surface area contributed by atoms with Crippen LogP contribution in [0.3, 0.4) is 0 Å². The molecule has 5 heteroatoms. The van der Waals surface area contributed by atoms with Crippen molar-refractivity contribution in [1.82, 2.24) is 9.97 Å². The number of aryl methyl sites for hydroxylation is 4. The average molecular weight is 341 g/mol. The molecule has 0 saturated heterocycles. The number of hydrogen-bond donors (Lipinski definition) is 1. The second-order valence-electron chi connectivity index (χ2n) is 6.36. The zero-order valence-corrected chi connectivity index (χ0v) is 15.3. The van der Waals surface area contributed by atoms with Gasteiger partial charge in [-0.3, -0.25) is 4.79 Å². The molecule has 1 aromatic heterocycles. The quantitative estimate of drug-likeness (QED) is 0.674. The number of aromatic nitrogens is 2. The van der Waals surface area contributed by atoms with Crippen LogP contribution in [0.25, 0.3) is 0 Å². The van der Waals surface area contributed by atoms with E-state index in [1.165, 1.54) is 47.0 Å². The highest BCUT2D eigenvalue weighted by Gasteiger charge is 2.16. The summed E-state index contributed by atoms with van der Waals surface area (Å²) >= 11 is 1.41. The number of fused-ring (bicyclic) bond motifs is 1. The number of amides is 1. The SMILES string of the molecule is Cc1ccc(NC(=O)CSc2nc(C)c3c(n2)CCCC3)cc1C. The lowest BCUT2D eigenvalue weighted by molar-refractivity contribution is -0.113. The first-order valence-corrected chi connectivity index (χ1v) is 9.38. The third kappa shape index (κ3) is 3.96. The summed E-state index contributed by atoms with van der Waals surface area (Å²) in [5.41, 5.74) is 6.79. The van der Waals surface area contributed by atoms with Crippen molar-refractivity contribution in [3.8, 4) is 0 Å². The molecule has 2 aromatic rings. The summed E-state index contributed by atoms with van der Waals surface area (Å²) in [6, 6.07) is 5.95. The summed E-state index contributed by atoms with van der Waals surface area (Å²) in [5, 5.41) is 3.65. The molecule has 0 saturated carbocycles. The molecule has 1 N–H and O–H groups in total. The van der Waals surface area contributed by atoms with Gasteiger partial charge in [0.15, 0.2) is 5.16 Å². The molecule has 0 aliphatic heterocycles. The normalized spacial score (nSPS) is 13.5. The lowest BCUT2D eigenvalue weighted by Gasteiger charge is -2.17. The third-order valence-corrected chi connectivity index (χ3v) is 5.34. The number of carbonyl (C=O) groups excluding carboxylic acids is 1. The van der Waals surface area contributed by atoms with Gasteiger partial charge >= 0.3 is 0 Å². The molecule has 1 aromatic carbocycles. The summed E-state index contributed by atoms with van der Waals surface area (Å²) in [6.45, 7) is 6.15. The van der Waals surface area contributed by atoms with Gasteiger partial charge in [0, 0.05) is 17.1 Å². The Labute approximate surface area is 147 Å². The second-order valence-corrected chi connectivity index (χ2v) is 7.30. The standard InChI is InChI=1S/C19H23N3OS/c1-12-8-9-15(10-13(12)2)21-18(23)11-24-19-20-14(3)16-6-4-5-7-17(16)22-19/h8-10H,4-7,11H2,1-3H3,(H,21,23). The van der Waals surface area contributed by atoms with Crippen LogP contribution in [-0.2, 0) is 17.6 Å². The molecule has 0 atom stereocenters. The largest absolute Gasteiger partial charge is 0.325 e. The molecule has 1 heterocycles. The van der Waals surface area contributed by atoms with Crippen molar-refractivity contribution in [2.75, 3.05) is 11.1 Å². The Hall–Kier alpha value is -1.88. The van der Waals surface area contributed by atoms with Crippen molar-refractivity contribution >= 4 is 23.4 Å². The predicted octanol–water partition coefficient (Wildman–Crippen LogP) is 4.01. The van der Waals surface area contributed by atoms with Crippen molar-refractivity contribution in [1.29, 1.82) is 0 Å². The van der Waals surface area contributed by atoms with Crippen molar-refractivity contribution in [2.45, 2.75) is 51.6 Å². The Morgan fingerprint density at radius 3 is 2.71 bits per heavy atom. The Balaban J connectivity index is 1.62. The smallest absolute Gasteiger partial charge is 0.234 e. The first-order valence-electron chi connectivity index (χ1n) is 8.39. The van der Waals surface area contributed by atoms with E-state index in [4.69, 9.17) is 0 Å². The fourth-order valence-corrected chi connectivity index (χ4v) is 3.67. The fraction of sp³-hybridized carbons (Fsp3) is 0.421. The van der Waals surface area contributed by atoms with Crippen LogP contribution in [0.5, 0.6) is 0 Å². The van der Waals surface area contributed by atoms with Crippen LogP contribution in [0.2, 0.25) is 0 Å². The van der Waals surface area contributed by atoms with E-state index in [9.17, 15) is 4.79 Å². The molecular weight excluding hydrogens is 318 g/mol. The molecule has 3 rings (SSSR count). The number of anilines is 1. The minimum atomic E-state index is -0.0257. The van der Waals surface area contributed by atoms with Gasteiger partial charge in [-0.05, 0) is 75.3 Å². The van der Waals surface area contributed by atoms with E-state index in [0.717, 1.165) is 24.2 Å². The van der Waals surface area contributed by atoms with Gasteiger partial charge < -0.3 is 5.32 Å². The minimum absolute atomic E-state index is 0.0257. The molecule has 24 heavy (non-hydrogen) atoms. The third-order valence-electron chi connectivity index (χ3n) is 4.49. The number of nitrogens with one attached hydrogen (secondary N) is 1. The first kappa shape index (κ1) is 17.0. The van der Waals surface area contributed by atoms with Gasteiger partial charge in [-0.1, -0.05) is 17.8 Å². The van der Waals surface area contributed by atoms with E-state index < -0.39 is 0 Å². The van der Waals surface area contributed by atoms with Crippen LogP contribution in [-0.4, -0.2) is 21.6 Å². The minimum Gasteiger partial charge on any atom is -0.325 e. The maximum Gasteiger partial charge on any atom is 0.234 e. The van der Waals surface area contributed by atoms with Crippen LogP contribution in [0.1, 0.15) is 40.9 Å². The number of carbonyl (C=O) groups is 1. The summed E-state index contributed by atoms with van der Waals surface area (Å²) < 4.78 is 0. The van der Waals surface area contributed by atoms with Crippen LogP contribution in [0, 0.1) is 20.8 Å². The van der Waals surface area contributed by atoms with E-state index >= 15 is 0 Å². The Morgan fingerprint density at radius 2 is 1.92 bits per heavy atom. The highest BCUT2D eigenvalue weighted by Crippen LogP contribution is 2.25. The van der Waals surface area contributed by atoms with Gasteiger partial charge in [-0.25, -0.2) is 9.97 Å². The Morgan fingerprint density at radius 1 is 1.12 bits per heavy atom. The maximum atomic E-state index is 12.2. The zero-order valence-electron chi connectivity index (χ0n) is 14.5. The fourth-order valence-electron chi connectivity index (χ4n) is 2.96. The van der Waals surface area contributed by atoms with Crippen LogP contribution < -0.4 is 5.32 Å². The van der Waals surface area contributed by atoms with Gasteiger partial charge in [-0.15, -0.1) is 0 Å². The van der Waals surface area contributed by atoms with E-state index in [0.29, 0.717) is 10.9 Å². The summed E-state index contributed by atoms with van der Waals surface area (Å²) in [6.07, 6.45) is 4.53. The molecule has 0 radical (unpaired) electrons. The maximum absolute atomic E-state index is 12.2. The van der Waals surface area contributed by atoms with Gasteiger partial charge in [-0.2, -0.15) is 0 Å². The molecule has 0 bridgehead atoms. The van der Waals surface area contributed by atoms with Gasteiger partial charge in [0.2, 0.25) is 5.91 Å². The monoisotopic (exact) mass is 341 g/mol. The number of hydrogen-bond acceptors (Lipinski definition) is 4. The number of thioether (sulfide) groups is 1. The molecule has 0 fully saturated rings. The molecule has 0 unspecified atom stereocenters. The van der Waals surface area contributed by atoms with E-state index in [-0.39, 0.29) is 5.91 Å². The number of rotatable bonds is 4. The number of benzene rings is 1.